The summed E-state index contributed by atoms with van der Waals surface area (Å²) >= 11 is 0. The van der Waals surface area contributed by atoms with Crippen molar-refractivity contribution in [1.29, 1.82) is 0 Å². The van der Waals surface area contributed by atoms with Gasteiger partial charge in [0.1, 0.15) is 0 Å². The first-order chi connectivity index (χ1) is 11.7. The van der Waals surface area contributed by atoms with Crippen LogP contribution in [0.4, 0.5) is 10.5 Å². The third-order valence-electron chi connectivity index (χ3n) is 4.48. The zero-order valence-corrected chi connectivity index (χ0v) is 13.7. The van der Waals surface area contributed by atoms with Crippen molar-refractivity contribution in [1.82, 2.24) is 15.1 Å². The number of benzene rings is 1. The van der Waals surface area contributed by atoms with E-state index in [0.717, 1.165) is 36.9 Å². The second-order valence-electron chi connectivity index (χ2n) is 6.35. The summed E-state index contributed by atoms with van der Waals surface area (Å²) in [5, 5.41) is 19.9. The molecular formula is C18H24N4O2. The van der Waals surface area contributed by atoms with Gasteiger partial charge in [0, 0.05) is 30.5 Å². The number of anilines is 1. The van der Waals surface area contributed by atoms with Crippen LogP contribution in [-0.4, -0.2) is 33.6 Å². The number of aliphatic hydroxyl groups excluding tert-OH is 1. The van der Waals surface area contributed by atoms with Gasteiger partial charge in [-0.2, -0.15) is 5.10 Å². The Morgan fingerprint density at radius 1 is 1.29 bits per heavy atom. The Morgan fingerprint density at radius 3 is 2.96 bits per heavy atom. The van der Waals surface area contributed by atoms with Crippen LogP contribution < -0.4 is 10.6 Å². The number of nitrogens with one attached hydrogen (secondary N) is 2. The first-order valence-corrected chi connectivity index (χ1v) is 8.50. The molecule has 0 saturated heterocycles. The second kappa shape index (κ2) is 7.97. The predicted molar refractivity (Wildman–Crippen MR) is 92.8 cm³/mol. The number of urea groups is 1. The van der Waals surface area contributed by atoms with Crippen LogP contribution in [0.5, 0.6) is 0 Å². The van der Waals surface area contributed by atoms with E-state index in [9.17, 15) is 9.90 Å². The summed E-state index contributed by atoms with van der Waals surface area (Å²) in [6.45, 7) is 1.18. The lowest BCUT2D eigenvalue weighted by molar-refractivity contribution is 0.0712. The Bertz CT molecular complexity index is 657. The van der Waals surface area contributed by atoms with Crippen molar-refractivity contribution in [3.63, 3.8) is 0 Å². The number of aliphatic hydroxyl groups is 1. The molecule has 6 nitrogen and oxygen atoms in total. The SMILES string of the molecule is O=C(NC[C@@H]1CCCC[C@H]1O)Nc1cccc(Cn2cccn2)c1. The maximum absolute atomic E-state index is 12.1. The zero-order valence-electron chi connectivity index (χ0n) is 13.7. The lowest BCUT2D eigenvalue weighted by Crippen LogP contribution is -2.38. The van der Waals surface area contributed by atoms with E-state index >= 15 is 0 Å². The number of nitrogens with zero attached hydrogens (tertiary/aromatic N) is 2. The summed E-state index contributed by atoms with van der Waals surface area (Å²) in [6, 6.07) is 9.37. The molecule has 128 valence electrons. The third-order valence-corrected chi connectivity index (χ3v) is 4.48. The molecule has 1 saturated carbocycles. The summed E-state index contributed by atoms with van der Waals surface area (Å²) in [5.74, 6) is 0.163. The molecule has 1 fully saturated rings. The summed E-state index contributed by atoms with van der Waals surface area (Å²) in [4.78, 5) is 12.1. The van der Waals surface area contributed by atoms with E-state index in [4.69, 9.17) is 0 Å². The van der Waals surface area contributed by atoms with Gasteiger partial charge in [-0.15, -0.1) is 0 Å². The predicted octanol–water partition coefficient (Wildman–Crippen LogP) is 2.60. The van der Waals surface area contributed by atoms with E-state index in [1.54, 1.807) is 6.20 Å². The summed E-state index contributed by atoms with van der Waals surface area (Å²) in [6.07, 6.45) is 7.37. The number of aromatic nitrogens is 2. The van der Waals surface area contributed by atoms with Crippen LogP contribution in [0.2, 0.25) is 0 Å². The number of carbonyl (C=O) groups is 1. The number of hydrogen-bond acceptors (Lipinski definition) is 3. The molecule has 0 aliphatic heterocycles. The minimum atomic E-state index is -0.295. The van der Waals surface area contributed by atoms with Crippen molar-refractivity contribution in [3.8, 4) is 0 Å². The molecular weight excluding hydrogens is 304 g/mol. The van der Waals surface area contributed by atoms with Gasteiger partial charge in [-0.25, -0.2) is 4.79 Å². The van der Waals surface area contributed by atoms with Crippen molar-refractivity contribution in [2.45, 2.75) is 38.3 Å². The van der Waals surface area contributed by atoms with E-state index in [1.165, 1.54) is 0 Å². The molecule has 0 bridgehead atoms. The Labute approximate surface area is 141 Å². The van der Waals surface area contributed by atoms with Crippen molar-refractivity contribution >= 4 is 11.7 Å². The van der Waals surface area contributed by atoms with E-state index in [2.05, 4.69) is 15.7 Å². The monoisotopic (exact) mass is 328 g/mol. The number of amides is 2. The summed E-state index contributed by atoms with van der Waals surface area (Å²) in [5.41, 5.74) is 1.82. The van der Waals surface area contributed by atoms with Gasteiger partial charge in [0.2, 0.25) is 0 Å². The highest BCUT2D eigenvalue weighted by Gasteiger charge is 2.23. The number of rotatable bonds is 5. The third kappa shape index (κ3) is 4.58. The lowest BCUT2D eigenvalue weighted by atomic mass is 9.86. The van der Waals surface area contributed by atoms with E-state index in [1.807, 2.05) is 41.2 Å². The molecule has 3 rings (SSSR count). The second-order valence-corrected chi connectivity index (χ2v) is 6.35. The molecule has 2 aromatic rings. The fraction of sp³-hybridized carbons (Fsp3) is 0.444. The molecule has 1 heterocycles. The van der Waals surface area contributed by atoms with Crippen LogP contribution in [0.25, 0.3) is 0 Å². The first-order valence-electron chi connectivity index (χ1n) is 8.50. The smallest absolute Gasteiger partial charge is 0.319 e. The van der Waals surface area contributed by atoms with Gasteiger partial charge in [0.15, 0.2) is 0 Å². The van der Waals surface area contributed by atoms with Gasteiger partial charge in [-0.05, 0) is 36.6 Å². The highest BCUT2D eigenvalue weighted by atomic mass is 16.3. The van der Waals surface area contributed by atoms with Gasteiger partial charge in [-0.3, -0.25) is 4.68 Å². The maximum atomic E-state index is 12.1. The van der Waals surface area contributed by atoms with E-state index in [-0.39, 0.29) is 18.1 Å². The Balaban J connectivity index is 1.50. The van der Waals surface area contributed by atoms with Gasteiger partial charge >= 0.3 is 6.03 Å². The molecule has 1 aliphatic rings. The van der Waals surface area contributed by atoms with E-state index < -0.39 is 0 Å². The molecule has 1 aromatic heterocycles. The Morgan fingerprint density at radius 2 is 2.17 bits per heavy atom. The Kier molecular flexibility index (Phi) is 5.48. The quantitative estimate of drug-likeness (QED) is 0.789. The molecule has 2 amide bonds. The molecule has 0 spiro atoms. The van der Waals surface area contributed by atoms with Crippen LogP contribution in [-0.2, 0) is 6.54 Å². The fourth-order valence-corrected chi connectivity index (χ4v) is 3.15. The van der Waals surface area contributed by atoms with Crippen LogP contribution in [0, 0.1) is 5.92 Å². The van der Waals surface area contributed by atoms with Crippen LogP contribution >= 0.6 is 0 Å². The van der Waals surface area contributed by atoms with Crippen LogP contribution in [0.15, 0.2) is 42.7 Å². The molecule has 3 N–H and O–H groups in total. The highest BCUT2D eigenvalue weighted by Crippen LogP contribution is 2.23. The lowest BCUT2D eigenvalue weighted by Gasteiger charge is -2.27. The number of carbonyl (C=O) groups excluding carboxylic acids is 1. The molecule has 1 aromatic carbocycles. The minimum Gasteiger partial charge on any atom is -0.393 e. The zero-order chi connectivity index (χ0) is 16.8. The van der Waals surface area contributed by atoms with Crippen molar-refractivity contribution in [2.75, 3.05) is 11.9 Å². The first kappa shape index (κ1) is 16.5. The van der Waals surface area contributed by atoms with Gasteiger partial charge in [0.05, 0.1) is 12.6 Å². The Hall–Kier alpha value is -2.34. The average molecular weight is 328 g/mol. The number of hydrogen-bond donors (Lipinski definition) is 3. The topological polar surface area (TPSA) is 79.2 Å². The van der Waals surface area contributed by atoms with E-state index in [0.29, 0.717) is 13.1 Å². The summed E-state index contributed by atoms with van der Waals surface area (Å²) in [7, 11) is 0. The molecule has 24 heavy (non-hydrogen) atoms. The molecule has 0 radical (unpaired) electrons. The molecule has 1 aliphatic carbocycles. The normalized spacial score (nSPS) is 20.5. The molecule has 0 unspecified atom stereocenters. The maximum Gasteiger partial charge on any atom is 0.319 e. The fourth-order valence-electron chi connectivity index (χ4n) is 3.15. The largest absolute Gasteiger partial charge is 0.393 e. The van der Waals surface area contributed by atoms with Crippen LogP contribution in [0.1, 0.15) is 31.2 Å². The minimum absolute atomic E-state index is 0.163. The van der Waals surface area contributed by atoms with Gasteiger partial charge < -0.3 is 15.7 Å². The van der Waals surface area contributed by atoms with Gasteiger partial charge in [0.25, 0.3) is 0 Å². The molecule has 6 heteroatoms. The highest BCUT2D eigenvalue weighted by molar-refractivity contribution is 5.89. The van der Waals surface area contributed by atoms with Crippen molar-refractivity contribution < 1.29 is 9.90 Å². The van der Waals surface area contributed by atoms with Gasteiger partial charge in [-0.1, -0.05) is 25.0 Å². The summed E-state index contributed by atoms with van der Waals surface area (Å²) < 4.78 is 1.84. The van der Waals surface area contributed by atoms with Crippen molar-refractivity contribution in [2.24, 2.45) is 5.92 Å². The molecule has 2 atom stereocenters. The standard InChI is InChI=1S/C18H24N4O2/c23-17-8-2-1-6-15(17)12-19-18(24)21-16-7-3-5-14(11-16)13-22-10-4-9-20-22/h3-5,7,9-11,15,17,23H,1-2,6,8,12-13H2,(H2,19,21,24)/t15-,17+/m0/s1. The van der Waals surface area contributed by atoms with Crippen molar-refractivity contribution in [3.05, 3.63) is 48.3 Å². The van der Waals surface area contributed by atoms with Crippen LogP contribution in [0.3, 0.4) is 0 Å². The average Bonchev–Trinajstić information content (AvgIpc) is 3.07.